The predicted molar refractivity (Wildman–Crippen MR) is 46.0 cm³/mol. The third-order valence-corrected chi connectivity index (χ3v) is 0.985. The summed E-state index contributed by atoms with van der Waals surface area (Å²) in [5.74, 6) is 0. The molecular weight excluding hydrogens is 142 g/mol. The molecule has 0 bridgehead atoms. The normalized spacial score (nSPS) is 13.9. The van der Waals surface area contributed by atoms with Gasteiger partial charge in [0.15, 0.2) is 0 Å². The molecule has 0 radical (unpaired) electrons. The van der Waals surface area contributed by atoms with E-state index < -0.39 is 0 Å². The Morgan fingerprint density at radius 1 is 1.73 bits per heavy atom. The minimum absolute atomic E-state index is 0.0903. The lowest BCUT2D eigenvalue weighted by atomic mass is 10.5. The third-order valence-electron chi connectivity index (χ3n) is 0.985. The molecule has 64 valence electrons. The maximum absolute atomic E-state index is 5.31. The van der Waals surface area contributed by atoms with Gasteiger partial charge in [0.2, 0.25) is 0 Å². The van der Waals surface area contributed by atoms with Gasteiger partial charge in [-0.15, -0.1) is 0 Å². The lowest BCUT2D eigenvalue weighted by molar-refractivity contribution is 0.389. The zero-order valence-electron chi connectivity index (χ0n) is 7.22. The van der Waals surface area contributed by atoms with Crippen molar-refractivity contribution >= 4 is 6.02 Å². The molecular formula is C7H15N3O. The Kier molecular flexibility index (Phi) is 4.10. The summed E-state index contributed by atoms with van der Waals surface area (Å²) in [6.45, 7) is 7.38. The molecule has 0 saturated heterocycles. The van der Waals surface area contributed by atoms with Gasteiger partial charge in [-0.3, -0.25) is 0 Å². The van der Waals surface area contributed by atoms with Crippen LogP contribution in [-0.4, -0.2) is 19.3 Å². The van der Waals surface area contributed by atoms with Crippen molar-refractivity contribution in [3.63, 3.8) is 0 Å². The van der Waals surface area contributed by atoms with Crippen molar-refractivity contribution in [3.8, 4) is 0 Å². The Bertz CT molecular complexity index is 165. The zero-order chi connectivity index (χ0) is 8.85. The third kappa shape index (κ3) is 5.26. The van der Waals surface area contributed by atoms with Crippen LogP contribution in [0.4, 0.5) is 0 Å². The monoisotopic (exact) mass is 157 g/mol. The van der Waals surface area contributed by atoms with Gasteiger partial charge in [0.25, 0.3) is 6.02 Å². The second-order valence-electron chi connectivity index (χ2n) is 2.27. The number of nitrogens with one attached hydrogen (secondary N) is 1. The van der Waals surface area contributed by atoms with Gasteiger partial charge in [-0.2, -0.15) is 0 Å². The van der Waals surface area contributed by atoms with E-state index in [0.717, 1.165) is 5.70 Å². The Balaban J connectivity index is 3.85. The first kappa shape index (κ1) is 9.81. The highest BCUT2D eigenvalue weighted by atomic mass is 16.5. The second-order valence-corrected chi connectivity index (χ2v) is 2.27. The quantitative estimate of drug-likeness (QED) is 0.461. The van der Waals surface area contributed by atoms with Crippen LogP contribution in [-0.2, 0) is 4.74 Å². The van der Waals surface area contributed by atoms with Crippen molar-refractivity contribution in [1.29, 1.82) is 0 Å². The van der Waals surface area contributed by atoms with E-state index >= 15 is 0 Å². The van der Waals surface area contributed by atoms with E-state index in [-0.39, 0.29) is 12.2 Å². The molecule has 0 aromatic carbocycles. The summed E-state index contributed by atoms with van der Waals surface area (Å²) in [6, 6.07) is 0.172. The molecule has 0 aromatic heterocycles. The van der Waals surface area contributed by atoms with Crippen LogP contribution < -0.4 is 11.1 Å². The molecule has 0 heterocycles. The molecule has 0 rings (SSSR count). The Hall–Kier alpha value is -1.19. The number of methoxy groups -OCH3 is 1. The minimum Gasteiger partial charge on any atom is -0.469 e. The lowest BCUT2D eigenvalue weighted by Crippen LogP contribution is -2.26. The van der Waals surface area contributed by atoms with Gasteiger partial charge in [0.1, 0.15) is 6.17 Å². The average molecular weight is 157 g/mol. The van der Waals surface area contributed by atoms with Crippen LogP contribution in [0.2, 0.25) is 0 Å². The number of aliphatic imine (C=N–C) groups is 1. The van der Waals surface area contributed by atoms with Gasteiger partial charge in [-0.25, -0.2) is 4.99 Å². The summed E-state index contributed by atoms with van der Waals surface area (Å²) in [5.41, 5.74) is 6.16. The summed E-state index contributed by atoms with van der Waals surface area (Å²) >= 11 is 0. The molecule has 1 atom stereocenters. The molecule has 0 aliphatic heterocycles. The van der Waals surface area contributed by atoms with E-state index in [1.807, 2.05) is 13.8 Å². The number of nitrogens with two attached hydrogens (primary N) is 1. The first-order valence-electron chi connectivity index (χ1n) is 3.35. The van der Waals surface area contributed by atoms with Crippen molar-refractivity contribution < 1.29 is 4.74 Å². The largest absolute Gasteiger partial charge is 0.469 e. The lowest BCUT2D eigenvalue weighted by Gasteiger charge is -2.10. The van der Waals surface area contributed by atoms with Gasteiger partial charge < -0.3 is 15.8 Å². The number of hydrogen-bond donors (Lipinski definition) is 2. The molecule has 0 fully saturated rings. The Morgan fingerprint density at radius 3 is 2.64 bits per heavy atom. The topological polar surface area (TPSA) is 59.6 Å². The number of ether oxygens (including phenoxy) is 1. The second kappa shape index (κ2) is 4.60. The molecule has 3 N–H and O–H groups in total. The molecule has 4 nitrogen and oxygen atoms in total. The first-order chi connectivity index (χ1) is 5.06. The van der Waals surface area contributed by atoms with Crippen LogP contribution >= 0.6 is 0 Å². The highest BCUT2D eigenvalue weighted by molar-refractivity contribution is 5.71. The minimum atomic E-state index is -0.0903. The van der Waals surface area contributed by atoms with E-state index in [9.17, 15) is 0 Å². The predicted octanol–water partition coefficient (Wildman–Crippen LogP) is 0.417. The van der Waals surface area contributed by atoms with Crippen LogP contribution in [0.1, 0.15) is 13.8 Å². The average Bonchev–Trinajstić information content (AvgIpc) is 1.85. The molecule has 0 aliphatic rings. The summed E-state index contributed by atoms with van der Waals surface area (Å²) in [5, 5.41) is 2.97. The van der Waals surface area contributed by atoms with E-state index in [2.05, 4.69) is 21.6 Å². The fraction of sp³-hybridized carbons (Fsp3) is 0.571. The zero-order valence-corrected chi connectivity index (χ0v) is 7.22. The molecule has 0 aromatic rings. The highest BCUT2D eigenvalue weighted by Crippen LogP contribution is 1.88. The fourth-order valence-electron chi connectivity index (χ4n) is 0.632. The fourth-order valence-corrected chi connectivity index (χ4v) is 0.632. The van der Waals surface area contributed by atoms with Gasteiger partial charge in [-0.1, -0.05) is 6.58 Å². The summed E-state index contributed by atoms with van der Waals surface area (Å²) in [6.07, 6.45) is -0.0903. The SMILES string of the molecule is C=C(C)NC(C)N=C(N)OC. The van der Waals surface area contributed by atoms with Crippen LogP contribution in [0.5, 0.6) is 0 Å². The molecule has 0 amide bonds. The first-order valence-corrected chi connectivity index (χ1v) is 3.35. The van der Waals surface area contributed by atoms with Crippen molar-refractivity contribution in [3.05, 3.63) is 12.3 Å². The number of allylic oxidation sites excluding steroid dienone is 1. The smallest absolute Gasteiger partial charge is 0.283 e. The molecule has 11 heavy (non-hydrogen) atoms. The van der Waals surface area contributed by atoms with Crippen molar-refractivity contribution in [2.45, 2.75) is 20.0 Å². The maximum atomic E-state index is 5.31. The Morgan fingerprint density at radius 2 is 2.27 bits per heavy atom. The highest BCUT2D eigenvalue weighted by Gasteiger charge is 1.97. The summed E-state index contributed by atoms with van der Waals surface area (Å²) in [4.78, 5) is 3.94. The number of rotatable bonds is 3. The van der Waals surface area contributed by atoms with Crippen LogP contribution in [0.25, 0.3) is 0 Å². The van der Waals surface area contributed by atoms with Gasteiger partial charge in [-0.05, 0) is 13.8 Å². The Labute approximate surface area is 67.1 Å². The van der Waals surface area contributed by atoms with E-state index in [1.165, 1.54) is 7.11 Å². The van der Waals surface area contributed by atoms with Crippen molar-refractivity contribution in [2.24, 2.45) is 10.7 Å². The van der Waals surface area contributed by atoms with E-state index in [0.29, 0.717) is 0 Å². The van der Waals surface area contributed by atoms with Crippen LogP contribution in [0, 0.1) is 0 Å². The van der Waals surface area contributed by atoms with Crippen LogP contribution in [0.15, 0.2) is 17.3 Å². The molecule has 0 aliphatic carbocycles. The summed E-state index contributed by atoms with van der Waals surface area (Å²) in [7, 11) is 1.48. The summed E-state index contributed by atoms with van der Waals surface area (Å²) < 4.78 is 4.66. The van der Waals surface area contributed by atoms with E-state index in [4.69, 9.17) is 5.73 Å². The molecule has 4 heteroatoms. The molecule has 0 spiro atoms. The number of amidine groups is 1. The number of hydrogen-bond acceptors (Lipinski definition) is 3. The standard InChI is InChI=1S/C7H15N3O/c1-5(2)9-6(3)10-7(8)11-4/h6,9H,1H2,2-4H3,(H2,8,10). The van der Waals surface area contributed by atoms with Gasteiger partial charge >= 0.3 is 0 Å². The maximum Gasteiger partial charge on any atom is 0.283 e. The van der Waals surface area contributed by atoms with Crippen LogP contribution in [0.3, 0.4) is 0 Å². The molecule has 0 saturated carbocycles. The number of nitrogens with zero attached hydrogens (tertiary/aromatic N) is 1. The van der Waals surface area contributed by atoms with Gasteiger partial charge in [0.05, 0.1) is 7.11 Å². The van der Waals surface area contributed by atoms with Crippen molar-refractivity contribution in [2.75, 3.05) is 7.11 Å². The molecule has 1 unspecified atom stereocenters. The van der Waals surface area contributed by atoms with Crippen molar-refractivity contribution in [1.82, 2.24) is 5.32 Å². The van der Waals surface area contributed by atoms with Gasteiger partial charge in [0, 0.05) is 5.70 Å². The van der Waals surface area contributed by atoms with E-state index in [1.54, 1.807) is 0 Å².